The Hall–Kier alpha value is -1.09. The number of benzene rings is 1. The molecule has 3 heteroatoms. The van der Waals surface area contributed by atoms with Crippen molar-refractivity contribution in [3.8, 4) is 0 Å². The molecule has 0 saturated heterocycles. The zero-order valence-corrected chi connectivity index (χ0v) is 9.97. The Bertz CT molecular complexity index is 374. The molecule has 2 nitrogen and oxygen atoms in total. The van der Waals surface area contributed by atoms with Crippen molar-refractivity contribution in [2.75, 3.05) is 11.4 Å². The van der Waals surface area contributed by atoms with E-state index in [2.05, 4.69) is 48.3 Å². The van der Waals surface area contributed by atoms with Gasteiger partial charge in [-0.1, -0.05) is 18.2 Å². The van der Waals surface area contributed by atoms with Crippen molar-refractivity contribution < 1.29 is 0 Å². The van der Waals surface area contributed by atoms with Crippen LogP contribution in [0.1, 0.15) is 19.4 Å². The van der Waals surface area contributed by atoms with Gasteiger partial charge in [0, 0.05) is 18.3 Å². The zero-order chi connectivity index (χ0) is 10.8. The van der Waals surface area contributed by atoms with Crippen LogP contribution in [-0.2, 0) is 6.42 Å². The molecular weight excluding hydrogens is 204 g/mol. The first-order chi connectivity index (χ1) is 7.18. The van der Waals surface area contributed by atoms with Gasteiger partial charge in [0.15, 0.2) is 5.11 Å². The molecule has 0 aliphatic carbocycles. The van der Waals surface area contributed by atoms with Crippen LogP contribution in [0.5, 0.6) is 0 Å². The van der Waals surface area contributed by atoms with Crippen LogP contribution in [0.2, 0.25) is 0 Å². The standard InChI is InChI=1S/C12H16N2S/c1-9(2)13-12(15)14-8-7-10-5-3-4-6-11(10)14/h3-6,9H,7-8H2,1-2H3,(H,13,15). The Morgan fingerprint density at radius 2 is 2.13 bits per heavy atom. The second-order valence-corrected chi connectivity index (χ2v) is 4.52. The minimum Gasteiger partial charge on any atom is -0.360 e. The molecule has 15 heavy (non-hydrogen) atoms. The highest BCUT2D eigenvalue weighted by molar-refractivity contribution is 7.80. The van der Waals surface area contributed by atoms with Crippen molar-refractivity contribution >= 4 is 23.0 Å². The van der Waals surface area contributed by atoms with E-state index >= 15 is 0 Å². The second kappa shape index (κ2) is 4.19. The quantitative estimate of drug-likeness (QED) is 0.731. The number of rotatable bonds is 1. The summed E-state index contributed by atoms with van der Waals surface area (Å²) in [4.78, 5) is 2.19. The third-order valence-corrected chi connectivity index (χ3v) is 2.88. The molecular formula is C12H16N2S. The van der Waals surface area contributed by atoms with Crippen LogP contribution in [0, 0.1) is 0 Å². The molecule has 1 aliphatic heterocycles. The number of hydrogen-bond acceptors (Lipinski definition) is 1. The summed E-state index contributed by atoms with van der Waals surface area (Å²) in [6.07, 6.45) is 1.09. The average molecular weight is 220 g/mol. The lowest BCUT2D eigenvalue weighted by molar-refractivity contribution is 0.729. The van der Waals surface area contributed by atoms with Gasteiger partial charge in [0.1, 0.15) is 0 Å². The molecule has 0 amide bonds. The van der Waals surface area contributed by atoms with E-state index in [4.69, 9.17) is 12.2 Å². The predicted octanol–water partition coefficient (Wildman–Crippen LogP) is 2.33. The van der Waals surface area contributed by atoms with Gasteiger partial charge in [-0.2, -0.15) is 0 Å². The number of nitrogens with one attached hydrogen (secondary N) is 1. The number of anilines is 1. The van der Waals surface area contributed by atoms with Gasteiger partial charge in [-0.05, 0) is 44.1 Å². The van der Waals surface area contributed by atoms with E-state index in [1.54, 1.807) is 0 Å². The summed E-state index contributed by atoms with van der Waals surface area (Å²) >= 11 is 5.38. The summed E-state index contributed by atoms with van der Waals surface area (Å²) in [7, 11) is 0. The fraction of sp³-hybridized carbons (Fsp3) is 0.417. The molecule has 1 aromatic rings. The van der Waals surface area contributed by atoms with Crippen molar-refractivity contribution in [1.82, 2.24) is 5.32 Å². The van der Waals surface area contributed by atoms with Gasteiger partial charge in [-0.3, -0.25) is 0 Å². The van der Waals surface area contributed by atoms with Crippen LogP contribution >= 0.6 is 12.2 Å². The first-order valence-electron chi connectivity index (χ1n) is 5.34. The van der Waals surface area contributed by atoms with Gasteiger partial charge >= 0.3 is 0 Å². The Morgan fingerprint density at radius 3 is 2.87 bits per heavy atom. The van der Waals surface area contributed by atoms with Gasteiger partial charge in [0.2, 0.25) is 0 Å². The molecule has 0 radical (unpaired) electrons. The smallest absolute Gasteiger partial charge is 0.173 e. The maximum Gasteiger partial charge on any atom is 0.173 e. The normalized spacial score (nSPS) is 14.2. The van der Waals surface area contributed by atoms with Crippen molar-refractivity contribution in [2.45, 2.75) is 26.3 Å². The van der Waals surface area contributed by atoms with Crippen LogP contribution < -0.4 is 10.2 Å². The van der Waals surface area contributed by atoms with E-state index in [0.29, 0.717) is 6.04 Å². The molecule has 1 aromatic carbocycles. The largest absolute Gasteiger partial charge is 0.360 e. The molecule has 0 fully saturated rings. The molecule has 0 unspecified atom stereocenters. The lowest BCUT2D eigenvalue weighted by Crippen LogP contribution is -2.41. The van der Waals surface area contributed by atoms with Gasteiger partial charge in [0.25, 0.3) is 0 Å². The Kier molecular flexibility index (Phi) is 2.91. The molecule has 0 atom stereocenters. The van der Waals surface area contributed by atoms with E-state index < -0.39 is 0 Å². The summed E-state index contributed by atoms with van der Waals surface area (Å²) in [5.41, 5.74) is 2.65. The van der Waals surface area contributed by atoms with Crippen LogP contribution in [-0.4, -0.2) is 17.7 Å². The van der Waals surface area contributed by atoms with Crippen LogP contribution in [0.25, 0.3) is 0 Å². The molecule has 80 valence electrons. The maximum atomic E-state index is 5.38. The highest BCUT2D eigenvalue weighted by Gasteiger charge is 2.21. The number of nitrogens with zero attached hydrogens (tertiary/aromatic N) is 1. The predicted molar refractivity (Wildman–Crippen MR) is 68.4 cm³/mol. The highest BCUT2D eigenvalue weighted by Crippen LogP contribution is 2.27. The second-order valence-electron chi connectivity index (χ2n) is 4.13. The number of thiocarbonyl (C=S) groups is 1. The van der Waals surface area contributed by atoms with Gasteiger partial charge < -0.3 is 10.2 Å². The van der Waals surface area contributed by atoms with Gasteiger partial charge in [-0.15, -0.1) is 0 Å². The summed E-state index contributed by atoms with van der Waals surface area (Å²) in [5.74, 6) is 0. The first-order valence-corrected chi connectivity index (χ1v) is 5.75. The Labute approximate surface area is 96.3 Å². The van der Waals surface area contributed by atoms with Crippen LogP contribution in [0.3, 0.4) is 0 Å². The summed E-state index contributed by atoms with van der Waals surface area (Å²) in [6.45, 7) is 5.21. The van der Waals surface area contributed by atoms with E-state index in [1.807, 2.05) is 0 Å². The van der Waals surface area contributed by atoms with E-state index in [0.717, 1.165) is 18.1 Å². The molecule has 2 rings (SSSR count). The minimum absolute atomic E-state index is 0.394. The number of para-hydroxylation sites is 1. The SMILES string of the molecule is CC(C)NC(=S)N1CCc2ccccc21. The molecule has 0 aromatic heterocycles. The summed E-state index contributed by atoms with van der Waals surface area (Å²) in [6, 6.07) is 8.85. The lowest BCUT2D eigenvalue weighted by Gasteiger charge is -2.22. The van der Waals surface area contributed by atoms with Crippen molar-refractivity contribution in [2.24, 2.45) is 0 Å². The van der Waals surface area contributed by atoms with Gasteiger partial charge in [0.05, 0.1) is 0 Å². The molecule has 1 heterocycles. The van der Waals surface area contributed by atoms with Crippen molar-refractivity contribution in [3.63, 3.8) is 0 Å². The van der Waals surface area contributed by atoms with Crippen LogP contribution in [0.15, 0.2) is 24.3 Å². The lowest BCUT2D eigenvalue weighted by atomic mass is 10.2. The minimum atomic E-state index is 0.394. The highest BCUT2D eigenvalue weighted by atomic mass is 32.1. The number of hydrogen-bond donors (Lipinski definition) is 1. The summed E-state index contributed by atoms with van der Waals surface area (Å²) in [5, 5.41) is 4.13. The molecule has 0 bridgehead atoms. The number of fused-ring (bicyclic) bond motifs is 1. The molecule has 1 N–H and O–H groups in total. The fourth-order valence-corrected chi connectivity index (χ4v) is 2.30. The maximum absolute atomic E-state index is 5.38. The third-order valence-electron chi connectivity index (χ3n) is 2.54. The van der Waals surface area contributed by atoms with E-state index in [9.17, 15) is 0 Å². The van der Waals surface area contributed by atoms with Crippen LogP contribution in [0.4, 0.5) is 5.69 Å². The third kappa shape index (κ3) is 2.12. The Balaban J connectivity index is 2.17. The van der Waals surface area contributed by atoms with Crippen molar-refractivity contribution in [1.29, 1.82) is 0 Å². The topological polar surface area (TPSA) is 15.3 Å². The van der Waals surface area contributed by atoms with Gasteiger partial charge in [-0.25, -0.2) is 0 Å². The fourth-order valence-electron chi connectivity index (χ4n) is 1.87. The Morgan fingerprint density at radius 1 is 1.40 bits per heavy atom. The van der Waals surface area contributed by atoms with E-state index in [1.165, 1.54) is 11.3 Å². The zero-order valence-electron chi connectivity index (χ0n) is 9.16. The van der Waals surface area contributed by atoms with Crippen molar-refractivity contribution in [3.05, 3.63) is 29.8 Å². The molecule has 0 spiro atoms. The first kappa shape index (κ1) is 10.4. The molecule has 0 saturated carbocycles. The molecule has 1 aliphatic rings. The van der Waals surface area contributed by atoms with E-state index in [-0.39, 0.29) is 0 Å². The average Bonchev–Trinajstić information content (AvgIpc) is 2.59. The summed E-state index contributed by atoms with van der Waals surface area (Å²) < 4.78 is 0. The monoisotopic (exact) mass is 220 g/mol.